The lowest BCUT2D eigenvalue weighted by Gasteiger charge is -2.35. The lowest BCUT2D eigenvalue weighted by molar-refractivity contribution is 0.296. The normalized spacial score (nSPS) is 14.0. The molecule has 1 aliphatic heterocycles. The van der Waals surface area contributed by atoms with Crippen LogP contribution >= 0.6 is 0 Å². The zero-order valence-electron chi connectivity index (χ0n) is 22.0. The third-order valence-corrected chi connectivity index (χ3v) is 7.58. The van der Waals surface area contributed by atoms with Gasteiger partial charge in [-0.3, -0.25) is 4.98 Å². The van der Waals surface area contributed by atoms with E-state index in [1.54, 1.807) is 16.9 Å². The minimum Gasteiger partial charge on any atom is -0.371 e. The van der Waals surface area contributed by atoms with E-state index in [-0.39, 0.29) is 0 Å². The van der Waals surface area contributed by atoms with Crippen molar-refractivity contribution in [2.24, 2.45) is 0 Å². The summed E-state index contributed by atoms with van der Waals surface area (Å²) in [5.74, 6) is 1.23. The van der Waals surface area contributed by atoms with Gasteiger partial charge in [-0.2, -0.15) is 9.61 Å². The molecule has 5 aromatic rings. The van der Waals surface area contributed by atoms with Gasteiger partial charge >= 0.3 is 0 Å². The van der Waals surface area contributed by atoms with Crippen LogP contribution in [-0.4, -0.2) is 45.4 Å². The largest absolute Gasteiger partial charge is 0.371 e. The number of likely N-dealkylation sites (tertiary alicyclic amines) is 1. The van der Waals surface area contributed by atoms with Crippen LogP contribution in [-0.2, 0) is 13.0 Å². The Bertz CT molecular complexity index is 1570. The van der Waals surface area contributed by atoms with E-state index in [2.05, 4.69) is 93.6 Å². The van der Waals surface area contributed by atoms with Crippen molar-refractivity contribution in [2.45, 2.75) is 31.7 Å². The first-order valence-corrected chi connectivity index (χ1v) is 13.5. The monoisotopic (exact) mass is 510 g/mol. The van der Waals surface area contributed by atoms with Gasteiger partial charge < -0.3 is 10.2 Å². The summed E-state index contributed by atoms with van der Waals surface area (Å²) in [4.78, 5) is 11.6. The van der Waals surface area contributed by atoms with Crippen LogP contribution in [0.15, 0.2) is 98.0 Å². The smallest absolute Gasteiger partial charge is 0.150 e. The fourth-order valence-corrected chi connectivity index (χ4v) is 5.42. The second-order valence-electron chi connectivity index (χ2n) is 10.1. The topological polar surface area (TPSA) is 58.4 Å². The molecule has 0 spiro atoms. The van der Waals surface area contributed by atoms with Crippen molar-refractivity contribution >= 4 is 30.5 Å². The third kappa shape index (κ3) is 5.44. The van der Waals surface area contributed by atoms with Gasteiger partial charge in [0.1, 0.15) is 19.3 Å². The molecule has 1 saturated heterocycles. The molecule has 0 aliphatic carbocycles. The van der Waals surface area contributed by atoms with E-state index in [0.717, 1.165) is 55.1 Å². The highest BCUT2D eigenvalue weighted by atomic mass is 15.3. The van der Waals surface area contributed by atoms with E-state index in [1.165, 1.54) is 16.7 Å². The number of piperidine rings is 1. The number of hydrogen-bond donors (Lipinski definition) is 1. The molecule has 0 saturated carbocycles. The summed E-state index contributed by atoms with van der Waals surface area (Å²) in [6.07, 6.45) is 8.21. The molecule has 0 amide bonds. The maximum atomic E-state index is 6.24. The standard InChI is InChI=1S/C32H31BN6/c1-23(28-12-6-5-11-27(28)18-24-8-3-2-4-9-24)38-16-13-26(14-17-38)30-19-31(35-21-25-10-7-15-34-20-25)39-32(37-30)29(33)22-36-39/h2-12,15,19-20,22,26,35H,1,13-14,16-18,21H2. The van der Waals surface area contributed by atoms with Crippen molar-refractivity contribution < 1.29 is 0 Å². The second-order valence-corrected chi connectivity index (χ2v) is 10.1. The number of hydrogen-bond acceptors (Lipinski definition) is 5. The maximum Gasteiger partial charge on any atom is 0.150 e. The lowest BCUT2D eigenvalue weighted by Crippen LogP contribution is -2.32. The molecule has 39 heavy (non-hydrogen) atoms. The number of anilines is 1. The molecule has 192 valence electrons. The highest BCUT2D eigenvalue weighted by molar-refractivity contribution is 6.36. The summed E-state index contributed by atoms with van der Waals surface area (Å²) in [6, 6.07) is 25.4. The van der Waals surface area contributed by atoms with Gasteiger partial charge in [-0.05, 0) is 47.5 Å². The molecule has 1 aliphatic rings. The summed E-state index contributed by atoms with van der Waals surface area (Å²) in [7, 11) is 6.24. The number of benzene rings is 2. The molecule has 1 fully saturated rings. The Morgan fingerprint density at radius 2 is 1.72 bits per heavy atom. The maximum absolute atomic E-state index is 6.24. The third-order valence-electron chi connectivity index (χ3n) is 7.58. The molecule has 3 aromatic heterocycles. The Morgan fingerprint density at radius 3 is 2.51 bits per heavy atom. The van der Waals surface area contributed by atoms with Crippen LogP contribution < -0.4 is 10.8 Å². The quantitative estimate of drug-likeness (QED) is 0.299. The van der Waals surface area contributed by atoms with Crippen LogP contribution in [0.3, 0.4) is 0 Å². The fourth-order valence-electron chi connectivity index (χ4n) is 5.42. The first-order valence-electron chi connectivity index (χ1n) is 13.5. The predicted octanol–water partition coefficient (Wildman–Crippen LogP) is 4.97. The Labute approximate surface area is 230 Å². The van der Waals surface area contributed by atoms with E-state index < -0.39 is 0 Å². The molecule has 0 bridgehead atoms. The molecule has 6 nitrogen and oxygen atoms in total. The Hall–Kier alpha value is -4.39. The highest BCUT2D eigenvalue weighted by Crippen LogP contribution is 2.33. The van der Waals surface area contributed by atoms with Crippen molar-refractivity contribution in [3.63, 3.8) is 0 Å². The van der Waals surface area contributed by atoms with Gasteiger partial charge in [0.25, 0.3) is 0 Å². The van der Waals surface area contributed by atoms with E-state index in [1.807, 2.05) is 12.3 Å². The molecule has 0 unspecified atom stereocenters. The van der Waals surface area contributed by atoms with Crippen LogP contribution in [0.4, 0.5) is 5.82 Å². The number of aromatic nitrogens is 4. The molecule has 6 rings (SSSR count). The Kier molecular flexibility index (Phi) is 7.13. The van der Waals surface area contributed by atoms with Gasteiger partial charge in [0.2, 0.25) is 0 Å². The summed E-state index contributed by atoms with van der Waals surface area (Å²) >= 11 is 0. The van der Waals surface area contributed by atoms with E-state index >= 15 is 0 Å². The van der Waals surface area contributed by atoms with Crippen molar-refractivity contribution in [1.82, 2.24) is 24.5 Å². The minimum absolute atomic E-state index is 0.340. The SMILES string of the molecule is [B]c1cnn2c(NCc3cccnc3)cc(C3CCN(C(=C)c4ccccc4Cc4ccccc4)CC3)nc12. The highest BCUT2D eigenvalue weighted by Gasteiger charge is 2.25. The first kappa shape index (κ1) is 24.9. The van der Waals surface area contributed by atoms with Gasteiger partial charge in [-0.1, -0.05) is 67.2 Å². The summed E-state index contributed by atoms with van der Waals surface area (Å²) in [6.45, 7) is 7.04. The van der Waals surface area contributed by atoms with Crippen molar-refractivity contribution in [3.8, 4) is 0 Å². The molecular weight excluding hydrogens is 479 g/mol. The summed E-state index contributed by atoms with van der Waals surface area (Å²) in [5.41, 5.74) is 8.38. The number of rotatable bonds is 8. The Balaban J connectivity index is 1.17. The second kappa shape index (κ2) is 11.2. The van der Waals surface area contributed by atoms with Crippen LogP contribution in [0.5, 0.6) is 0 Å². The Morgan fingerprint density at radius 1 is 0.949 bits per heavy atom. The average molecular weight is 510 g/mol. The molecule has 0 atom stereocenters. The molecule has 2 aromatic carbocycles. The van der Waals surface area contributed by atoms with E-state index in [9.17, 15) is 0 Å². The molecule has 7 heteroatoms. The van der Waals surface area contributed by atoms with Gasteiger partial charge in [0.15, 0.2) is 0 Å². The van der Waals surface area contributed by atoms with Crippen LogP contribution in [0, 0.1) is 0 Å². The fraction of sp³-hybridized carbons (Fsp3) is 0.219. The van der Waals surface area contributed by atoms with E-state index in [4.69, 9.17) is 12.8 Å². The van der Waals surface area contributed by atoms with Gasteiger partial charge in [-0.25, -0.2) is 4.98 Å². The van der Waals surface area contributed by atoms with E-state index in [0.29, 0.717) is 23.6 Å². The predicted molar refractivity (Wildman–Crippen MR) is 158 cm³/mol. The van der Waals surface area contributed by atoms with Gasteiger partial charge in [0, 0.05) is 67.2 Å². The van der Waals surface area contributed by atoms with Crippen LogP contribution in [0.25, 0.3) is 11.3 Å². The number of pyridine rings is 1. The molecule has 4 heterocycles. The summed E-state index contributed by atoms with van der Waals surface area (Å²) < 4.78 is 1.79. The van der Waals surface area contributed by atoms with Gasteiger partial charge in [-0.15, -0.1) is 0 Å². The molecule has 1 N–H and O–H groups in total. The van der Waals surface area contributed by atoms with Crippen LogP contribution in [0.2, 0.25) is 0 Å². The van der Waals surface area contributed by atoms with Crippen molar-refractivity contribution in [3.05, 3.63) is 126 Å². The zero-order valence-corrected chi connectivity index (χ0v) is 22.0. The number of nitrogens with zero attached hydrogens (tertiary/aromatic N) is 5. The average Bonchev–Trinajstić information content (AvgIpc) is 3.37. The van der Waals surface area contributed by atoms with Crippen molar-refractivity contribution in [1.29, 1.82) is 0 Å². The number of nitrogens with one attached hydrogen (secondary N) is 1. The van der Waals surface area contributed by atoms with Crippen LogP contribution in [0.1, 0.15) is 46.7 Å². The minimum atomic E-state index is 0.340. The first-order chi connectivity index (χ1) is 19.2. The number of fused-ring (bicyclic) bond motifs is 1. The molecular formula is C32H31BN6. The molecule has 2 radical (unpaired) electrons. The van der Waals surface area contributed by atoms with Gasteiger partial charge in [0.05, 0.1) is 0 Å². The zero-order chi connectivity index (χ0) is 26.6. The van der Waals surface area contributed by atoms with Crippen molar-refractivity contribution in [2.75, 3.05) is 18.4 Å². The summed E-state index contributed by atoms with van der Waals surface area (Å²) in [5, 5.41) is 7.97. The lowest BCUT2D eigenvalue weighted by atomic mass is 9.91.